The van der Waals surface area contributed by atoms with Crippen LogP contribution >= 0.6 is 0 Å². The lowest BCUT2D eigenvalue weighted by Crippen LogP contribution is -2.48. The molecule has 20 heavy (non-hydrogen) atoms. The lowest BCUT2D eigenvalue weighted by atomic mass is 10.1. The lowest BCUT2D eigenvalue weighted by Gasteiger charge is -2.34. The molecule has 0 aromatic carbocycles. The summed E-state index contributed by atoms with van der Waals surface area (Å²) in [6.45, 7) is 1.37. The van der Waals surface area contributed by atoms with Gasteiger partial charge in [-0.25, -0.2) is 8.42 Å². The molecule has 2 rings (SSSR count). The Morgan fingerprint density at radius 1 is 1.40 bits per heavy atom. The third-order valence-corrected chi connectivity index (χ3v) is 5.63. The Morgan fingerprint density at radius 3 is 2.95 bits per heavy atom. The summed E-state index contributed by atoms with van der Waals surface area (Å²) in [5.41, 5.74) is 0.832. The Balaban J connectivity index is 2.01. The highest BCUT2D eigenvalue weighted by Gasteiger charge is 2.31. The predicted octanol–water partition coefficient (Wildman–Crippen LogP) is 1.03. The van der Waals surface area contributed by atoms with Crippen LogP contribution in [0.2, 0.25) is 0 Å². The second-order valence-corrected chi connectivity index (χ2v) is 7.25. The number of hydrogen-bond acceptors (Lipinski definition) is 4. The van der Waals surface area contributed by atoms with Crippen molar-refractivity contribution in [1.29, 1.82) is 0 Å². The molecule has 1 aliphatic rings. The van der Waals surface area contributed by atoms with Crippen LogP contribution in [-0.2, 0) is 16.4 Å². The van der Waals surface area contributed by atoms with Crippen LogP contribution < -0.4 is 5.32 Å². The summed E-state index contributed by atoms with van der Waals surface area (Å²) in [6, 6.07) is 5.70. The van der Waals surface area contributed by atoms with Gasteiger partial charge < -0.3 is 5.32 Å². The van der Waals surface area contributed by atoms with Gasteiger partial charge in [-0.05, 0) is 32.0 Å². The van der Waals surface area contributed by atoms with Crippen molar-refractivity contribution in [2.24, 2.45) is 0 Å². The highest BCUT2D eigenvalue weighted by molar-refractivity contribution is 7.89. The highest BCUT2D eigenvalue weighted by atomic mass is 32.2. The molecule has 1 aromatic heterocycles. The van der Waals surface area contributed by atoms with E-state index in [9.17, 15) is 8.42 Å². The van der Waals surface area contributed by atoms with Gasteiger partial charge >= 0.3 is 0 Å². The first-order valence-corrected chi connectivity index (χ1v) is 8.78. The fraction of sp³-hybridized carbons (Fsp3) is 0.643. The monoisotopic (exact) mass is 297 g/mol. The smallest absolute Gasteiger partial charge is 0.214 e. The molecular formula is C14H23N3O2S. The molecule has 1 aromatic rings. The molecule has 1 aliphatic heterocycles. The summed E-state index contributed by atoms with van der Waals surface area (Å²) in [7, 11) is -1.33. The van der Waals surface area contributed by atoms with Gasteiger partial charge in [0.2, 0.25) is 10.0 Å². The Morgan fingerprint density at radius 2 is 2.25 bits per heavy atom. The minimum Gasteiger partial charge on any atom is -0.318 e. The van der Waals surface area contributed by atoms with Crippen LogP contribution in [0.1, 0.15) is 25.0 Å². The second-order valence-electron chi connectivity index (χ2n) is 5.21. The van der Waals surface area contributed by atoms with Crippen LogP contribution in [0.3, 0.4) is 0 Å². The van der Waals surface area contributed by atoms with Crippen molar-refractivity contribution in [2.45, 2.75) is 31.7 Å². The first-order chi connectivity index (χ1) is 9.63. The van der Waals surface area contributed by atoms with Crippen LogP contribution in [0.15, 0.2) is 24.4 Å². The van der Waals surface area contributed by atoms with Crippen molar-refractivity contribution >= 4 is 10.0 Å². The number of pyridine rings is 1. The largest absolute Gasteiger partial charge is 0.318 e. The molecule has 1 unspecified atom stereocenters. The molecular weight excluding hydrogens is 274 g/mol. The Hall–Kier alpha value is -0.980. The molecule has 2 heterocycles. The minimum absolute atomic E-state index is 0.0995. The summed E-state index contributed by atoms with van der Waals surface area (Å²) >= 11 is 0. The Labute approximate surface area is 121 Å². The maximum absolute atomic E-state index is 12.5. The summed E-state index contributed by atoms with van der Waals surface area (Å²) in [6.07, 6.45) is 5.20. The molecule has 0 amide bonds. The number of rotatable bonds is 6. The molecule has 0 radical (unpaired) electrons. The molecule has 6 heteroatoms. The number of hydrogen-bond donors (Lipinski definition) is 1. The zero-order valence-corrected chi connectivity index (χ0v) is 12.8. The molecule has 0 bridgehead atoms. The molecule has 5 nitrogen and oxygen atoms in total. The quantitative estimate of drug-likeness (QED) is 0.852. The van der Waals surface area contributed by atoms with Gasteiger partial charge in [-0.15, -0.1) is 0 Å². The lowest BCUT2D eigenvalue weighted by molar-refractivity contribution is 0.249. The van der Waals surface area contributed by atoms with Crippen LogP contribution in [0.4, 0.5) is 0 Å². The Kier molecular flexibility index (Phi) is 5.51. The number of likely N-dealkylation sites (N-methyl/N-ethyl adjacent to an activating group) is 1. The standard InChI is InChI=1S/C14H23N3O2S/c1-15-12-14-7-3-5-10-17(14)20(18,19)11-8-13-6-2-4-9-16-13/h2,4,6,9,14-15H,3,5,7-8,10-12H2,1H3. The number of piperidine rings is 1. The van der Waals surface area contributed by atoms with E-state index in [1.165, 1.54) is 0 Å². The fourth-order valence-corrected chi connectivity index (χ4v) is 4.42. The van der Waals surface area contributed by atoms with Gasteiger partial charge in [-0.1, -0.05) is 12.5 Å². The van der Waals surface area contributed by atoms with Crippen LogP contribution in [0.25, 0.3) is 0 Å². The third-order valence-electron chi connectivity index (χ3n) is 3.71. The predicted molar refractivity (Wildman–Crippen MR) is 80.0 cm³/mol. The van der Waals surface area contributed by atoms with Crippen molar-refractivity contribution in [1.82, 2.24) is 14.6 Å². The van der Waals surface area contributed by atoms with Crippen LogP contribution in [0, 0.1) is 0 Å². The zero-order chi connectivity index (χ0) is 14.4. The highest BCUT2D eigenvalue weighted by Crippen LogP contribution is 2.20. The summed E-state index contributed by atoms with van der Waals surface area (Å²) in [5, 5.41) is 3.09. The van der Waals surface area contributed by atoms with Gasteiger partial charge in [0.25, 0.3) is 0 Å². The summed E-state index contributed by atoms with van der Waals surface area (Å²) in [5.74, 6) is 0.143. The average molecular weight is 297 g/mol. The normalized spacial score (nSPS) is 20.9. The molecule has 1 N–H and O–H groups in total. The van der Waals surface area contributed by atoms with Gasteiger partial charge in [-0.2, -0.15) is 4.31 Å². The zero-order valence-electron chi connectivity index (χ0n) is 12.0. The van der Waals surface area contributed by atoms with E-state index in [-0.39, 0.29) is 11.8 Å². The van der Waals surface area contributed by atoms with E-state index in [1.54, 1.807) is 10.5 Å². The minimum atomic E-state index is -3.20. The molecule has 1 atom stereocenters. The first-order valence-electron chi connectivity index (χ1n) is 7.17. The molecule has 1 fully saturated rings. The summed E-state index contributed by atoms with van der Waals surface area (Å²) in [4.78, 5) is 4.19. The Bertz CT molecular complexity index is 502. The maximum Gasteiger partial charge on any atom is 0.214 e. The van der Waals surface area contributed by atoms with Gasteiger partial charge in [0.05, 0.1) is 5.75 Å². The topological polar surface area (TPSA) is 62.3 Å². The third kappa shape index (κ3) is 4.01. The van der Waals surface area contributed by atoms with E-state index in [2.05, 4.69) is 10.3 Å². The average Bonchev–Trinajstić information content (AvgIpc) is 2.47. The van der Waals surface area contributed by atoms with E-state index < -0.39 is 10.0 Å². The fourth-order valence-electron chi connectivity index (χ4n) is 2.68. The summed E-state index contributed by atoms with van der Waals surface area (Å²) < 4.78 is 26.7. The van der Waals surface area contributed by atoms with E-state index in [4.69, 9.17) is 0 Å². The molecule has 0 saturated carbocycles. The maximum atomic E-state index is 12.5. The molecule has 1 saturated heterocycles. The van der Waals surface area contributed by atoms with Crippen molar-refractivity contribution < 1.29 is 8.42 Å². The number of sulfonamides is 1. The van der Waals surface area contributed by atoms with E-state index in [0.29, 0.717) is 13.0 Å². The van der Waals surface area contributed by atoms with Crippen LogP contribution in [0.5, 0.6) is 0 Å². The number of nitrogens with one attached hydrogen (secondary N) is 1. The van der Waals surface area contributed by atoms with Gasteiger partial charge in [0.15, 0.2) is 0 Å². The second kappa shape index (κ2) is 7.15. The van der Waals surface area contributed by atoms with Gasteiger partial charge in [0, 0.05) is 37.4 Å². The van der Waals surface area contributed by atoms with Crippen molar-refractivity contribution in [3.63, 3.8) is 0 Å². The number of nitrogens with zero attached hydrogens (tertiary/aromatic N) is 2. The van der Waals surface area contributed by atoms with Crippen molar-refractivity contribution in [2.75, 3.05) is 25.9 Å². The van der Waals surface area contributed by atoms with E-state index in [0.717, 1.165) is 31.5 Å². The van der Waals surface area contributed by atoms with Gasteiger partial charge in [0.1, 0.15) is 0 Å². The molecule has 0 aliphatic carbocycles. The van der Waals surface area contributed by atoms with Crippen molar-refractivity contribution in [3.05, 3.63) is 30.1 Å². The number of aromatic nitrogens is 1. The first kappa shape index (κ1) is 15.4. The number of aryl methyl sites for hydroxylation is 1. The SMILES string of the molecule is CNCC1CCCCN1S(=O)(=O)CCc1ccccn1. The van der Waals surface area contributed by atoms with E-state index >= 15 is 0 Å². The molecule has 0 spiro atoms. The van der Waals surface area contributed by atoms with Crippen LogP contribution in [-0.4, -0.2) is 49.6 Å². The van der Waals surface area contributed by atoms with E-state index in [1.807, 2.05) is 25.2 Å². The molecule has 112 valence electrons. The van der Waals surface area contributed by atoms with Crippen molar-refractivity contribution in [3.8, 4) is 0 Å². The van der Waals surface area contributed by atoms with Gasteiger partial charge in [-0.3, -0.25) is 4.98 Å².